The molecule has 6 nitrogen and oxygen atoms in total. The molecular weight excluding hydrogens is 351 g/mol. The maximum absolute atomic E-state index is 12.1. The van der Waals surface area contributed by atoms with E-state index in [-0.39, 0.29) is 16.1 Å². The van der Waals surface area contributed by atoms with Crippen LogP contribution in [0, 0.1) is 0 Å². The highest BCUT2D eigenvalue weighted by atomic mass is 32.2. The fraction of sp³-hybridized carbons (Fsp3) is 0.0714. The van der Waals surface area contributed by atoms with Gasteiger partial charge in [0, 0.05) is 5.69 Å². The van der Waals surface area contributed by atoms with E-state index in [9.17, 15) is 26.4 Å². The summed E-state index contributed by atoms with van der Waals surface area (Å²) < 4.78 is 66.3. The van der Waals surface area contributed by atoms with Crippen LogP contribution in [0.3, 0.4) is 0 Å². The summed E-state index contributed by atoms with van der Waals surface area (Å²) in [5, 5.41) is 8.76. The zero-order valence-electron chi connectivity index (χ0n) is 11.7. The second-order valence-electron chi connectivity index (χ2n) is 4.51. The molecule has 24 heavy (non-hydrogen) atoms. The van der Waals surface area contributed by atoms with Crippen LogP contribution in [-0.2, 0) is 10.0 Å². The van der Waals surface area contributed by atoms with Gasteiger partial charge in [-0.15, -0.1) is 13.2 Å². The molecule has 0 aliphatic carbocycles. The Kier molecular flexibility index (Phi) is 4.69. The number of alkyl halides is 3. The molecule has 0 amide bonds. The van der Waals surface area contributed by atoms with Crippen molar-refractivity contribution in [2.45, 2.75) is 11.3 Å². The van der Waals surface area contributed by atoms with Crippen molar-refractivity contribution in [3.05, 3.63) is 54.1 Å². The predicted molar refractivity (Wildman–Crippen MR) is 77.3 cm³/mol. The number of halogens is 3. The van der Waals surface area contributed by atoms with E-state index in [4.69, 9.17) is 5.11 Å². The van der Waals surface area contributed by atoms with Crippen molar-refractivity contribution in [3.8, 4) is 5.75 Å². The Morgan fingerprint density at radius 1 is 1.00 bits per heavy atom. The largest absolute Gasteiger partial charge is 0.573 e. The molecule has 2 aromatic rings. The molecule has 0 aromatic heterocycles. The number of hydrogen-bond donors (Lipinski definition) is 2. The number of sulfonamides is 1. The van der Waals surface area contributed by atoms with Crippen LogP contribution in [-0.4, -0.2) is 25.9 Å². The number of carboxylic acid groups (broad SMARTS) is 1. The molecule has 0 saturated carbocycles. The Labute approximate surface area is 134 Å². The molecule has 2 rings (SSSR count). The molecule has 0 heterocycles. The fourth-order valence-corrected chi connectivity index (χ4v) is 2.77. The van der Waals surface area contributed by atoms with Crippen LogP contribution in [0.25, 0.3) is 0 Å². The van der Waals surface area contributed by atoms with Gasteiger partial charge in [-0.1, -0.05) is 0 Å². The van der Waals surface area contributed by atoms with Gasteiger partial charge in [0.15, 0.2) is 0 Å². The molecule has 0 fully saturated rings. The third-order valence-corrected chi connectivity index (χ3v) is 4.15. The third kappa shape index (κ3) is 4.62. The summed E-state index contributed by atoms with van der Waals surface area (Å²) in [6.07, 6.45) is -4.87. The lowest BCUT2D eigenvalue weighted by atomic mass is 10.2. The van der Waals surface area contributed by atoms with Gasteiger partial charge in [0.1, 0.15) is 5.75 Å². The normalized spacial score (nSPS) is 11.8. The van der Waals surface area contributed by atoms with E-state index in [1.54, 1.807) is 0 Å². The van der Waals surface area contributed by atoms with Gasteiger partial charge in [0.2, 0.25) is 0 Å². The van der Waals surface area contributed by atoms with E-state index in [0.29, 0.717) is 0 Å². The number of rotatable bonds is 5. The topological polar surface area (TPSA) is 92.7 Å². The molecule has 0 radical (unpaired) electrons. The Balaban J connectivity index is 2.16. The average Bonchev–Trinajstić information content (AvgIpc) is 2.46. The molecule has 0 atom stereocenters. The van der Waals surface area contributed by atoms with Crippen molar-refractivity contribution in [3.63, 3.8) is 0 Å². The minimum absolute atomic E-state index is 0.0217. The molecule has 2 aromatic carbocycles. The number of nitrogens with one attached hydrogen (secondary N) is 1. The first-order chi connectivity index (χ1) is 11.1. The van der Waals surface area contributed by atoms with E-state index in [0.717, 1.165) is 24.3 Å². The molecule has 0 aliphatic heterocycles. The highest BCUT2D eigenvalue weighted by molar-refractivity contribution is 7.92. The van der Waals surface area contributed by atoms with Crippen LogP contribution in [0.1, 0.15) is 10.4 Å². The smallest absolute Gasteiger partial charge is 0.478 e. The van der Waals surface area contributed by atoms with Crippen LogP contribution in [0.4, 0.5) is 18.9 Å². The molecular formula is C14H10F3NO5S. The third-order valence-electron chi connectivity index (χ3n) is 2.75. The zero-order chi connectivity index (χ0) is 18.0. The van der Waals surface area contributed by atoms with Crippen molar-refractivity contribution >= 4 is 21.7 Å². The predicted octanol–water partition coefficient (Wildman–Crippen LogP) is 3.08. The average molecular weight is 361 g/mol. The minimum atomic E-state index is -4.87. The second kappa shape index (κ2) is 6.40. The molecule has 0 aliphatic rings. The van der Waals surface area contributed by atoms with Gasteiger partial charge < -0.3 is 9.84 Å². The maximum atomic E-state index is 12.1. The van der Waals surface area contributed by atoms with Gasteiger partial charge in [-0.2, -0.15) is 0 Å². The van der Waals surface area contributed by atoms with Gasteiger partial charge in [-0.05, 0) is 48.5 Å². The first kappa shape index (κ1) is 17.6. The summed E-state index contributed by atoms with van der Waals surface area (Å²) in [6.45, 7) is 0. The number of anilines is 1. The first-order valence-electron chi connectivity index (χ1n) is 6.29. The summed E-state index contributed by atoms with van der Waals surface area (Å²) in [7, 11) is -4.04. The number of hydrogen-bond acceptors (Lipinski definition) is 4. The van der Waals surface area contributed by atoms with Gasteiger partial charge in [0.05, 0.1) is 10.5 Å². The Bertz CT molecular complexity index is 830. The highest BCUT2D eigenvalue weighted by Crippen LogP contribution is 2.24. The summed E-state index contributed by atoms with van der Waals surface area (Å²) in [5.74, 6) is -1.71. The number of ether oxygens (including phenoxy) is 1. The van der Waals surface area contributed by atoms with Crippen LogP contribution >= 0.6 is 0 Å². The minimum Gasteiger partial charge on any atom is -0.478 e. The zero-order valence-corrected chi connectivity index (χ0v) is 12.6. The summed E-state index contributed by atoms with van der Waals surface area (Å²) >= 11 is 0. The van der Waals surface area contributed by atoms with Gasteiger partial charge >= 0.3 is 12.3 Å². The van der Waals surface area contributed by atoms with E-state index >= 15 is 0 Å². The molecule has 0 saturated heterocycles. The van der Waals surface area contributed by atoms with Crippen molar-refractivity contribution in [2.24, 2.45) is 0 Å². The van der Waals surface area contributed by atoms with Gasteiger partial charge in [-0.3, -0.25) is 4.72 Å². The van der Waals surface area contributed by atoms with E-state index in [1.165, 1.54) is 24.3 Å². The van der Waals surface area contributed by atoms with Crippen LogP contribution in [0.15, 0.2) is 53.4 Å². The van der Waals surface area contributed by atoms with Crippen molar-refractivity contribution in [1.82, 2.24) is 0 Å². The first-order valence-corrected chi connectivity index (χ1v) is 7.77. The Morgan fingerprint density at radius 3 is 2.00 bits per heavy atom. The van der Waals surface area contributed by atoms with Crippen molar-refractivity contribution in [2.75, 3.05) is 4.72 Å². The molecule has 0 unspecified atom stereocenters. The summed E-state index contributed by atoms with van der Waals surface area (Å²) in [6, 6.07) is 8.57. The standard InChI is InChI=1S/C14H10F3NO5S/c15-14(16,17)23-11-5-7-12(8-6-11)24(21,22)18-10-3-1-9(2-4-10)13(19)20/h1-8,18H,(H,19,20). The van der Waals surface area contributed by atoms with Crippen LogP contribution in [0.2, 0.25) is 0 Å². The van der Waals surface area contributed by atoms with Gasteiger partial charge in [0.25, 0.3) is 10.0 Å². The molecule has 128 valence electrons. The number of benzene rings is 2. The Morgan fingerprint density at radius 2 is 1.54 bits per heavy atom. The van der Waals surface area contributed by atoms with E-state index in [1.807, 2.05) is 0 Å². The van der Waals surface area contributed by atoms with Gasteiger partial charge in [-0.25, -0.2) is 13.2 Å². The number of carboxylic acids is 1. The maximum Gasteiger partial charge on any atom is 0.573 e. The monoisotopic (exact) mass is 361 g/mol. The summed E-state index contributed by atoms with van der Waals surface area (Å²) in [4.78, 5) is 10.4. The van der Waals surface area contributed by atoms with E-state index < -0.39 is 28.1 Å². The molecule has 0 spiro atoms. The highest BCUT2D eigenvalue weighted by Gasteiger charge is 2.31. The fourth-order valence-electron chi connectivity index (χ4n) is 1.72. The lowest BCUT2D eigenvalue weighted by molar-refractivity contribution is -0.274. The van der Waals surface area contributed by atoms with E-state index in [2.05, 4.69) is 9.46 Å². The van der Waals surface area contributed by atoms with Crippen molar-refractivity contribution in [1.29, 1.82) is 0 Å². The Hall–Kier alpha value is -2.75. The molecule has 10 heteroatoms. The molecule has 0 bridgehead atoms. The van der Waals surface area contributed by atoms with Crippen LogP contribution < -0.4 is 9.46 Å². The quantitative estimate of drug-likeness (QED) is 0.854. The summed E-state index contributed by atoms with van der Waals surface area (Å²) in [5.41, 5.74) is 0.0854. The lowest BCUT2D eigenvalue weighted by Crippen LogP contribution is -2.17. The van der Waals surface area contributed by atoms with Crippen molar-refractivity contribution < 1.29 is 36.2 Å². The lowest BCUT2D eigenvalue weighted by Gasteiger charge is -2.11. The number of aromatic carboxylic acids is 1. The van der Waals surface area contributed by atoms with Crippen LogP contribution in [0.5, 0.6) is 5.75 Å². The molecule has 2 N–H and O–H groups in total. The second-order valence-corrected chi connectivity index (χ2v) is 6.19. The number of carbonyl (C=O) groups is 1. The SMILES string of the molecule is O=C(O)c1ccc(NS(=O)(=O)c2ccc(OC(F)(F)F)cc2)cc1.